The summed E-state index contributed by atoms with van der Waals surface area (Å²) in [4.78, 5) is 14.2. The van der Waals surface area contributed by atoms with Crippen molar-refractivity contribution < 1.29 is 4.79 Å². The first-order valence-corrected chi connectivity index (χ1v) is 6.70. The van der Waals surface area contributed by atoms with Crippen LogP contribution in [0.3, 0.4) is 0 Å². The maximum absolute atomic E-state index is 12.4. The fourth-order valence-corrected chi connectivity index (χ4v) is 2.53. The molecular weight excluding hydrogens is 248 g/mol. The number of aryl methyl sites for hydroxylation is 1. The lowest BCUT2D eigenvalue weighted by Gasteiger charge is -2.24. The lowest BCUT2D eigenvalue weighted by atomic mass is 10.1. The Labute approximate surface area is 113 Å². The second kappa shape index (κ2) is 5.29. The van der Waals surface area contributed by atoms with Gasteiger partial charge in [-0.1, -0.05) is 17.7 Å². The predicted molar refractivity (Wildman–Crippen MR) is 75.2 cm³/mol. The number of benzene rings is 1. The Morgan fingerprint density at radius 2 is 2.11 bits per heavy atom. The Hall–Kier alpha value is -1.06. The minimum atomic E-state index is -0.152. The van der Waals surface area contributed by atoms with Crippen LogP contribution in [0, 0.1) is 6.92 Å². The van der Waals surface area contributed by atoms with Gasteiger partial charge in [0, 0.05) is 23.3 Å². The number of amides is 1. The quantitative estimate of drug-likeness (QED) is 0.848. The number of hydrogen-bond acceptors (Lipinski definition) is 2. The van der Waals surface area contributed by atoms with Crippen LogP contribution >= 0.6 is 11.6 Å². The third-order valence-corrected chi connectivity index (χ3v) is 3.65. The SMILES string of the molecule is Cc1ccc(Cl)cc1N1CCC(C)NC(C)C1=O. The number of hydrogen-bond donors (Lipinski definition) is 1. The van der Waals surface area contributed by atoms with E-state index in [2.05, 4.69) is 12.2 Å². The average molecular weight is 267 g/mol. The van der Waals surface area contributed by atoms with Crippen molar-refractivity contribution in [2.75, 3.05) is 11.4 Å². The van der Waals surface area contributed by atoms with Crippen LogP contribution in [-0.4, -0.2) is 24.5 Å². The van der Waals surface area contributed by atoms with E-state index in [0.29, 0.717) is 11.1 Å². The Morgan fingerprint density at radius 1 is 1.39 bits per heavy atom. The molecule has 1 fully saturated rings. The summed E-state index contributed by atoms with van der Waals surface area (Å²) in [5, 5.41) is 3.97. The highest BCUT2D eigenvalue weighted by Crippen LogP contribution is 2.26. The molecule has 1 aliphatic heterocycles. The van der Waals surface area contributed by atoms with E-state index in [4.69, 9.17) is 11.6 Å². The van der Waals surface area contributed by atoms with Gasteiger partial charge < -0.3 is 10.2 Å². The lowest BCUT2D eigenvalue weighted by Crippen LogP contribution is -2.43. The van der Waals surface area contributed by atoms with Gasteiger partial charge in [0.15, 0.2) is 0 Å². The molecule has 1 aromatic rings. The molecule has 18 heavy (non-hydrogen) atoms. The molecule has 1 aromatic carbocycles. The smallest absolute Gasteiger partial charge is 0.243 e. The van der Waals surface area contributed by atoms with Crippen molar-refractivity contribution in [3.8, 4) is 0 Å². The van der Waals surface area contributed by atoms with Crippen LogP contribution in [0.4, 0.5) is 5.69 Å². The van der Waals surface area contributed by atoms with E-state index in [1.807, 2.05) is 36.9 Å². The van der Waals surface area contributed by atoms with Gasteiger partial charge in [-0.15, -0.1) is 0 Å². The summed E-state index contributed by atoms with van der Waals surface area (Å²) in [6.45, 7) is 6.76. The first-order chi connectivity index (χ1) is 8.49. The molecule has 0 spiro atoms. The highest BCUT2D eigenvalue weighted by molar-refractivity contribution is 6.31. The molecule has 1 amide bonds. The van der Waals surface area contributed by atoms with Crippen LogP contribution in [0.1, 0.15) is 25.8 Å². The maximum atomic E-state index is 12.4. The van der Waals surface area contributed by atoms with Gasteiger partial charge in [-0.2, -0.15) is 0 Å². The molecule has 1 saturated heterocycles. The monoisotopic (exact) mass is 266 g/mol. The first-order valence-electron chi connectivity index (χ1n) is 6.32. The van der Waals surface area contributed by atoms with Gasteiger partial charge in [0.2, 0.25) is 5.91 Å². The summed E-state index contributed by atoms with van der Waals surface area (Å²) in [6, 6.07) is 5.89. The number of anilines is 1. The van der Waals surface area contributed by atoms with Crippen LogP contribution in [0.2, 0.25) is 5.02 Å². The Kier molecular flexibility index (Phi) is 3.93. The lowest BCUT2D eigenvalue weighted by molar-refractivity contribution is -0.119. The molecule has 1 N–H and O–H groups in total. The third kappa shape index (κ3) is 2.68. The molecule has 98 valence electrons. The molecule has 1 heterocycles. The van der Waals surface area contributed by atoms with Gasteiger partial charge in [0.25, 0.3) is 0 Å². The normalized spacial score (nSPS) is 25.1. The van der Waals surface area contributed by atoms with E-state index in [9.17, 15) is 4.79 Å². The average Bonchev–Trinajstić information content (AvgIpc) is 2.44. The van der Waals surface area contributed by atoms with E-state index >= 15 is 0 Å². The number of nitrogens with zero attached hydrogens (tertiary/aromatic N) is 1. The molecule has 0 aromatic heterocycles. The van der Waals surface area contributed by atoms with Crippen LogP contribution in [0.25, 0.3) is 0 Å². The molecule has 4 heteroatoms. The van der Waals surface area contributed by atoms with Crippen molar-refractivity contribution in [2.45, 2.75) is 39.3 Å². The van der Waals surface area contributed by atoms with E-state index in [1.165, 1.54) is 0 Å². The fraction of sp³-hybridized carbons (Fsp3) is 0.500. The summed E-state index contributed by atoms with van der Waals surface area (Å²) in [5.41, 5.74) is 2.00. The van der Waals surface area contributed by atoms with Crippen LogP contribution in [0.15, 0.2) is 18.2 Å². The van der Waals surface area contributed by atoms with E-state index < -0.39 is 0 Å². The molecule has 2 rings (SSSR count). The van der Waals surface area contributed by atoms with Crippen molar-refractivity contribution in [2.24, 2.45) is 0 Å². The van der Waals surface area contributed by atoms with Gasteiger partial charge in [-0.25, -0.2) is 0 Å². The van der Waals surface area contributed by atoms with Gasteiger partial charge in [0.1, 0.15) is 0 Å². The van der Waals surface area contributed by atoms with Crippen molar-refractivity contribution in [3.63, 3.8) is 0 Å². The summed E-state index contributed by atoms with van der Waals surface area (Å²) in [6.07, 6.45) is 0.946. The molecular formula is C14H19ClN2O. The summed E-state index contributed by atoms with van der Waals surface area (Å²) in [7, 11) is 0. The number of carbonyl (C=O) groups excluding carboxylic acids is 1. The zero-order valence-corrected chi connectivity index (χ0v) is 11.8. The van der Waals surface area contributed by atoms with Crippen molar-refractivity contribution in [1.82, 2.24) is 5.32 Å². The molecule has 1 aliphatic rings. The molecule has 3 nitrogen and oxygen atoms in total. The second-order valence-electron chi connectivity index (χ2n) is 5.00. The van der Waals surface area contributed by atoms with Gasteiger partial charge in [-0.3, -0.25) is 4.79 Å². The molecule has 0 radical (unpaired) electrons. The number of nitrogens with one attached hydrogen (secondary N) is 1. The third-order valence-electron chi connectivity index (χ3n) is 3.42. The largest absolute Gasteiger partial charge is 0.311 e. The molecule has 2 unspecified atom stereocenters. The molecule has 0 saturated carbocycles. The summed E-state index contributed by atoms with van der Waals surface area (Å²) < 4.78 is 0. The zero-order chi connectivity index (χ0) is 13.3. The standard InChI is InChI=1S/C14H19ClN2O/c1-9-4-5-12(15)8-13(9)17-7-6-10(2)16-11(3)14(17)18/h4-5,8,10-11,16H,6-7H2,1-3H3. The van der Waals surface area contributed by atoms with E-state index in [-0.39, 0.29) is 11.9 Å². The maximum Gasteiger partial charge on any atom is 0.243 e. The van der Waals surface area contributed by atoms with E-state index in [1.54, 1.807) is 0 Å². The molecule has 0 bridgehead atoms. The summed E-state index contributed by atoms with van der Waals surface area (Å²) >= 11 is 6.04. The first kappa shape index (κ1) is 13.4. The van der Waals surface area contributed by atoms with E-state index in [0.717, 1.165) is 24.2 Å². The topological polar surface area (TPSA) is 32.3 Å². The predicted octanol–water partition coefficient (Wildman–Crippen LogP) is 2.75. The molecule has 0 aliphatic carbocycles. The van der Waals surface area contributed by atoms with Crippen molar-refractivity contribution in [1.29, 1.82) is 0 Å². The van der Waals surface area contributed by atoms with Gasteiger partial charge >= 0.3 is 0 Å². The van der Waals surface area contributed by atoms with Crippen molar-refractivity contribution >= 4 is 23.2 Å². The van der Waals surface area contributed by atoms with Crippen LogP contribution in [-0.2, 0) is 4.79 Å². The summed E-state index contributed by atoms with van der Waals surface area (Å²) in [5.74, 6) is 0.115. The Balaban J connectivity index is 2.36. The molecule has 2 atom stereocenters. The Morgan fingerprint density at radius 3 is 2.83 bits per heavy atom. The van der Waals surface area contributed by atoms with Crippen LogP contribution in [0.5, 0.6) is 0 Å². The number of rotatable bonds is 1. The Bertz CT molecular complexity index is 461. The fourth-order valence-electron chi connectivity index (χ4n) is 2.36. The minimum Gasteiger partial charge on any atom is -0.311 e. The highest BCUT2D eigenvalue weighted by Gasteiger charge is 2.27. The van der Waals surface area contributed by atoms with Crippen LogP contribution < -0.4 is 10.2 Å². The number of halogens is 1. The highest BCUT2D eigenvalue weighted by atomic mass is 35.5. The van der Waals surface area contributed by atoms with Gasteiger partial charge in [-0.05, 0) is 44.9 Å². The minimum absolute atomic E-state index is 0.115. The zero-order valence-electron chi connectivity index (χ0n) is 11.0. The number of carbonyl (C=O) groups is 1. The van der Waals surface area contributed by atoms with Crippen molar-refractivity contribution in [3.05, 3.63) is 28.8 Å². The van der Waals surface area contributed by atoms with Gasteiger partial charge in [0.05, 0.1) is 6.04 Å². The second-order valence-corrected chi connectivity index (χ2v) is 5.44.